The second kappa shape index (κ2) is 30.1. The van der Waals surface area contributed by atoms with Crippen molar-refractivity contribution in [3.8, 4) is 5.75 Å². The van der Waals surface area contributed by atoms with Crippen LogP contribution in [0, 0.1) is 0 Å². The minimum atomic E-state index is -1.84. The summed E-state index contributed by atoms with van der Waals surface area (Å²) in [6, 6.07) is 2.84. The predicted molar refractivity (Wildman–Crippen MR) is 262 cm³/mol. The lowest BCUT2D eigenvalue weighted by Crippen LogP contribution is -2.62. The molecule has 24 nitrogen and oxygen atoms in total. The minimum absolute atomic E-state index is 0.00277. The summed E-state index contributed by atoms with van der Waals surface area (Å²) in [5.41, 5.74) is 18.3. The number of nitrogens with zero attached hydrogens (tertiary/aromatic N) is 1. The van der Waals surface area contributed by atoms with Gasteiger partial charge in [0.05, 0.1) is 18.6 Å². The molecule has 1 aliphatic rings. The molecule has 1 saturated heterocycles. The molecule has 396 valence electrons. The topological polar surface area (TPSA) is 405 Å². The number of aliphatic hydroxyl groups is 1. The molecule has 8 amide bonds. The van der Waals surface area contributed by atoms with E-state index in [1.807, 2.05) is 0 Å². The zero-order valence-electron chi connectivity index (χ0n) is 40.3. The fourth-order valence-corrected chi connectivity index (χ4v) is 8.19. The van der Waals surface area contributed by atoms with Crippen LogP contribution in [-0.2, 0) is 60.8 Å². The molecule has 1 heterocycles. The number of aliphatic carboxylic acids is 2. The Kier molecular flexibility index (Phi) is 24.9. The smallest absolute Gasteiger partial charge is 0.326 e. The van der Waals surface area contributed by atoms with Crippen molar-refractivity contribution in [2.24, 2.45) is 17.2 Å². The number of thioether (sulfide) groups is 1. The van der Waals surface area contributed by atoms with Crippen LogP contribution in [0.1, 0.15) is 75.8 Å². The number of amides is 8. The number of carboxylic acid groups (broad SMARTS) is 2. The van der Waals surface area contributed by atoms with Crippen LogP contribution >= 0.6 is 11.8 Å². The molecule has 1 aliphatic heterocycles. The fourth-order valence-electron chi connectivity index (χ4n) is 7.71. The second-order valence-electron chi connectivity index (χ2n) is 17.4. The Labute approximate surface area is 420 Å². The molecule has 0 aromatic heterocycles. The molecule has 0 radical (unpaired) electrons. The van der Waals surface area contributed by atoms with Crippen molar-refractivity contribution in [3.63, 3.8) is 0 Å². The van der Waals surface area contributed by atoms with Crippen molar-refractivity contribution >= 4 is 71.0 Å². The Morgan fingerprint density at radius 1 is 0.708 bits per heavy atom. The lowest BCUT2D eigenvalue weighted by Gasteiger charge is -2.31. The average molecular weight is 1030 g/mol. The maximum atomic E-state index is 14.4. The number of carboxylic acids is 2. The lowest BCUT2D eigenvalue weighted by molar-refractivity contribution is -0.147. The first-order chi connectivity index (χ1) is 34.1. The Morgan fingerprint density at radius 2 is 1.28 bits per heavy atom. The number of hydrogen-bond acceptors (Lipinski definition) is 15. The van der Waals surface area contributed by atoms with E-state index in [4.69, 9.17) is 22.3 Å². The minimum Gasteiger partial charge on any atom is -0.508 e. The van der Waals surface area contributed by atoms with Gasteiger partial charge in [-0.15, -0.1) is 0 Å². The van der Waals surface area contributed by atoms with E-state index in [1.54, 1.807) is 36.6 Å². The molecule has 2 aromatic carbocycles. The Balaban J connectivity index is 1.90. The number of unbranched alkanes of at least 4 members (excludes halogenated alkanes) is 1. The summed E-state index contributed by atoms with van der Waals surface area (Å²) in [4.78, 5) is 133. The van der Waals surface area contributed by atoms with Gasteiger partial charge < -0.3 is 74.4 Å². The molecule has 0 spiro atoms. The normalized spacial score (nSPS) is 16.5. The highest BCUT2D eigenvalue weighted by atomic mass is 32.2. The zero-order valence-corrected chi connectivity index (χ0v) is 41.1. The number of benzene rings is 2. The first-order valence-electron chi connectivity index (χ1n) is 23.5. The number of rotatable bonds is 31. The van der Waals surface area contributed by atoms with Crippen molar-refractivity contribution < 1.29 is 68.4 Å². The van der Waals surface area contributed by atoms with Crippen LogP contribution < -0.4 is 49.1 Å². The second-order valence-corrected chi connectivity index (χ2v) is 18.4. The highest BCUT2D eigenvalue weighted by Crippen LogP contribution is 2.21. The molecule has 0 saturated carbocycles. The van der Waals surface area contributed by atoms with Gasteiger partial charge in [-0.1, -0.05) is 48.9 Å². The van der Waals surface area contributed by atoms with Crippen LogP contribution in [0.15, 0.2) is 54.6 Å². The summed E-state index contributed by atoms with van der Waals surface area (Å²) in [5.74, 6) is -9.94. The van der Waals surface area contributed by atoms with E-state index in [0.717, 1.165) is 6.92 Å². The number of nitrogens with two attached hydrogens (primary N) is 3. The average Bonchev–Trinajstić information content (AvgIpc) is 3.83. The number of carbonyl (C=O) groups excluding carboxylic acids is 8. The van der Waals surface area contributed by atoms with Crippen LogP contribution in [0.25, 0.3) is 0 Å². The van der Waals surface area contributed by atoms with Gasteiger partial charge >= 0.3 is 11.9 Å². The number of carbonyl (C=O) groups is 10. The highest BCUT2D eigenvalue weighted by molar-refractivity contribution is 7.98. The van der Waals surface area contributed by atoms with Crippen LogP contribution in [0.4, 0.5) is 0 Å². The molecule has 2 aromatic rings. The number of phenolic OH excluding ortho intramolecular Hbond substituents is 1. The Hall–Kier alpha value is -6.83. The largest absolute Gasteiger partial charge is 0.508 e. The summed E-state index contributed by atoms with van der Waals surface area (Å²) in [7, 11) is 0. The van der Waals surface area contributed by atoms with E-state index in [1.165, 1.54) is 40.9 Å². The SMILES string of the molecule is CSCC[C@H](NC(=O)[C@@H](NC(=O)[C@H](Cc1ccc(O)cc1)NC(=O)[C@H]1CCCN1C(=O)[C@H](CCC(N)=O)NC(=O)[C@H](Cc1ccccc1)NC(=O)[C@@H](N)CCCCN)[C@@H](C)O)C(=O)N[C@@H](CC(=O)O)C(=O)O. The maximum absolute atomic E-state index is 14.4. The third-order valence-electron chi connectivity index (χ3n) is 11.7. The number of aliphatic hydroxyl groups excluding tert-OH is 1. The van der Waals surface area contributed by atoms with Gasteiger partial charge in [-0.2, -0.15) is 11.8 Å². The zero-order chi connectivity index (χ0) is 53.5. The fraction of sp³-hybridized carbons (Fsp3) is 0.532. The van der Waals surface area contributed by atoms with Gasteiger partial charge in [0.25, 0.3) is 0 Å². The molecule has 1 fully saturated rings. The van der Waals surface area contributed by atoms with Gasteiger partial charge in [0.15, 0.2) is 0 Å². The number of primary amides is 1. The number of aromatic hydroxyl groups is 1. The van der Waals surface area contributed by atoms with Crippen LogP contribution in [-0.4, -0.2) is 164 Å². The van der Waals surface area contributed by atoms with E-state index in [0.29, 0.717) is 43.4 Å². The van der Waals surface area contributed by atoms with E-state index in [2.05, 4.69) is 31.9 Å². The molecule has 3 rings (SSSR count). The summed E-state index contributed by atoms with van der Waals surface area (Å²) in [6.45, 7) is 1.57. The van der Waals surface area contributed by atoms with Gasteiger partial charge in [0.2, 0.25) is 47.3 Å². The van der Waals surface area contributed by atoms with Crippen molar-refractivity contribution in [1.29, 1.82) is 0 Å². The van der Waals surface area contributed by atoms with Gasteiger partial charge in [-0.05, 0) is 87.3 Å². The van der Waals surface area contributed by atoms with E-state index >= 15 is 0 Å². The molecule has 0 bridgehead atoms. The third-order valence-corrected chi connectivity index (χ3v) is 12.3. The van der Waals surface area contributed by atoms with Crippen LogP contribution in [0.2, 0.25) is 0 Å². The van der Waals surface area contributed by atoms with Gasteiger partial charge in [0.1, 0.15) is 48.0 Å². The molecular formula is C47H68N10O14S. The summed E-state index contributed by atoms with van der Waals surface area (Å²) in [5, 5.41) is 54.2. The molecule has 0 unspecified atom stereocenters. The van der Waals surface area contributed by atoms with Crippen molar-refractivity contribution in [3.05, 3.63) is 65.7 Å². The Bertz CT molecular complexity index is 2190. The van der Waals surface area contributed by atoms with Gasteiger partial charge in [-0.3, -0.25) is 43.2 Å². The molecule has 0 aliphatic carbocycles. The molecular weight excluding hydrogens is 961 g/mol. The summed E-state index contributed by atoms with van der Waals surface area (Å²) in [6.07, 6.45) is 0.00385. The van der Waals surface area contributed by atoms with Gasteiger partial charge in [0, 0.05) is 25.8 Å². The number of likely N-dealkylation sites (tertiary alicyclic amines) is 1. The number of hydrogen-bond donors (Lipinski definition) is 13. The monoisotopic (exact) mass is 1030 g/mol. The van der Waals surface area contributed by atoms with E-state index in [-0.39, 0.29) is 56.6 Å². The van der Waals surface area contributed by atoms with Crippen molar-refractivity contribution in [2.45, 2.75) is 132 Å². The van der Waals surface area contributed by atoms with E-state index < -0.39 is 120 Å². The number of nitrogens with one attached hydrogen (secondary N) is 6. The maximum Gasteiger partial charge on any atom is 0.326 e. The predicted octanol–water partition coefficient (Wildman–Crippen LogP) is -2.51. The first kappa shape index (κ1) is 59.5. The first-order valence-corrected chi connectivity index (χ1v) is 24.8. The standard InChI is InChI=1S/C47H68N10O14S/c1-26(58)39(45(68)51-31(19-22-72-2)41(64)55-35(47(70)71)25-38(61)62)56-43(66)34(24-28-13-15-29(59)16-14-28)54-44(67)36-12-8-21-57(36)46(69)32(17-18-37(50)60)52-42(65)33(23-27-9-4-3-5-10-27)53-40(63)30(49)11-6-7-20-48/h3-5,9-10,13-16,26,30-36,39,58-59H,6-8,11-12,17-25,48-49H2,1-2H3,(H2,50,60)(H,51,68)(H,52,65)(H,53,63)(H,54,67)(H,55,64)(H,56,66)(H,61,62)(H,70,71)/t26-,30+,31+,32+,33+,34+,35+,36-,39+/m1/s1. The quantitative estimate of drug-likeness (QED) is 0.0347. The summed E-state index contributed by atoms with van der Waals surface area (Å²) >= 11 is 1.27. The number of phenols is 1. The van der Waals surface area contributed by atoms with E-state index in [9.17, 15) is 63.3 Å². The molecule has 9 atom stereocenters. The molecule has 16 N–H and O–H groups in total. The van der Waals surface area contributed by atoms with Crippen molar-refractivity contribution in [2.75, 3.05) is 25.1 Å². The van der Waals surface area contributed by atoms with Crippen LogP contribution in [0.3, 0.4) is 0 Å². The summed E-state index contributed by atoms with van der Waals surface area (Å²) < 4.78 is 0. The van der Waals surface area contributed by atoms with Crippen LogP contribution in [0.5, 0.6) is 5.75 Å². The highest BCUT2D eigenvalue weighted by Gasteiger charge is 2.41. The Morgan fingerprint density at radius 3 is 1.86 bits per heavy atom. The van der Waals surface area contributed by atoms with Gasteiger partial charge in [-0.25, -0.2) is 4.79 Å². The lowest BCUT2D eigenvalue weighted by atomic mass is 10.0. The molecule has 25 heteroatoms. The third kappa shape index (κ3) is 19.8. The molecule has 72 heavy (non-hydrogen) atoms. The van der Waals surface area contributed by atoms with Crippen molar-refractivity contribution in [1.82, 2.24) is 36.8 Å².